The number of rotatable bonds is 7. The van der Waals surface area contributed by atoms with Crippen molar-refractivity contribution >= 4 is 40.3 Å². The number of halogens is 1. The van der Waals surface area contributed by atoms with Gasteiger partial charge in [-0.25, -0.2) is 0 Å². The van der Waals surface area contributed by atoms with Crippen LogP contribution in [0.3, 0.4) is 0 Å². The first-order valence-electron chi connectivity index (χ1n) is 12.5. The van der Waals surface area contributed by atoms with E-state index < -0.39 is 22.3 Å². The molecule has 204 valence electrons. The zero-order valence-corrected chi connectivity index (χ0v) is 22.3. The molecule has 3 aromatic heterocycles. The molecule has 42 heavy (non-hydrogen) atoms. The molecule has 0 fully saturated rings. The van der Waals surface area contributed by atoms with E-state index in [1.807, 2.05) is 24.3 Å². The van der Waals surface area contributed by atoms with Gasteiger partial charge in [-0.3, -0.25) is 24.7 Å². The summed E-state index contributed by atoms with van der Waals surface area (Å²) in [7, 11) is 0. The van der Waals surface area contributed by atoms with Gasteiger partial charge in [0.1, 0.15) is 10.7 Å². The van der Waals surface area contributed by atoms with Gasteiger partial charge in [0, 0.05) is 34.6 Å². The van der Waals surface area contributed by atoms with Crippen LogP contribution in [0.2, 0.25) is 5.02 Å². The van der Waals surface area contributed by atoms with Gasteiger partial charge >= 0.3 is 0 Å². The minimum atomic E-state index is -0.667. The Morgan fingerprint density at radius 1 is 0.833 bits per heavy atom. The summed E-state index contributed by atoms with van der Waals surface area (Å²) in [5.41, 5.74) is 2.80. The van der Waals surface area contributed by atoms with Gasteiger partial charge in [-0.15, -0.1) is 10.2 Å². The number of anilines is 1. The third-order valence-corrected chi connectivity index (χ3v) is 6.71. The van der Waals surface area contributed by atoms with E-state index in [1.54, 1.807) is 53.2 Å². The van der Waals surface area contributed by atoms with Crippen molar-refractivity contribution in [3.8, 4) is 22.8 Å². The fourth-order valence-corrected chi connectivity index (χ4v) is 4.57. The number of aromatic nitrogens is 5. The van der Waals surface area contributed by atoms with Gasteiger partial charge in [-0.1, -0.05) is 48.0 Å². The second-order valence-electron chi connectivity index (χ2n) is 9.06. The molecule has 0 saturated carbocycles. The number of fused-ring (bicyclic) bond motifs is 1. The van der Waals surface area contributed by atoms with E-state index in [1.165, 1.54) is 24.3 Å². The Morgan fingerprint density at radius 3 is 2.43 bits per heavy atom. The number of benzene rings is 3. The normalized spacial score (nSPS) is 10.9. The van der Waals surface area contributed by atoms with E-state index in [-0.39, 0.29) is 21.7 Å². The van der Waals surface area contributed by atoms with Crippen LogP contribution in [0.4, 0.5) is 11.4 Å². The standard InChI is InChI=1S/C30H18ClN7O4/c31-23-12-11-19(17-26(23)38(41)42)28(39)21-8-1-2-9-22(21)30(40)33-20-7-5-6-18(16-20)24-13-14-27-34-35-29(37(27)36-24)25-10-3-4-15-32-25/h1-17H,(H,33,40). The second kappa shape index (κ2) is 11.0. The van der Waals surface area contributed by atoms with E-state index in [0.29, 0.717) is 34.1 Å². The third kappa shape index (κ3) is 5.07. The lowest BCUT2D eigenvalue weighted by Gasteiger charge is -2.11. The number of hydrogen-bond acceptors (Lipinski definition) is 8. The van der Waals surface area contributed by atoms with Crippen LogP contribution in [0.1, 0.15) is 26.3 Å². The van der Waals surface area contributed by atoms with Gasteiger partial charge in [-0.05, 0) is 54.6 Å². The number of hydrogen-bond donors (Lipinski definition) is 1. The molecule has 0 radical (unpaired) electrons. The molecule has 11 nitrogen and oxygen atoms in total. The maximum atomic E-state index is 13.4. The number of nitro groups is 1. The predicted molar refractivity (Wildman–Crippen MR) is 155 cm³/mol. The summed E-state index contributed by atoms with van der Waals surface area (Å²) in [6.07, 6.45) is 1.66. The van der Waals surface area contributed by atoms with Crippen LogP contribution in [0, 0.1) is 10.1 Å². The van der Waals surface area contributed by atoms with Crippen LogP contribution in [0.5, 0.6) is 0 Å². The lowest BCUT2D eigenvalue weighted by atomic mass is 9.97. The predicted octanol–water partition coefficient (Wildman–Crippen LogP) is 5.90. The molecule has 0 atom stereocenters. The number of nitrogens with one attached hydrogen (secondary N) is 1. The highest BCUT2D eigenvalue weighted by Gasteiger charge is 2.22. The summed E-state index contributed by atoms with van der Waals surface area (Å²) in [6, 6.07) is 26.2. The molecule has 6 aromatic rings. The fourth-order valence-electron chi connectivity index (χ4n) is 4.38. The molecular weight excluding hydrogens is 558 g/mol. The molecule has 1 N–H and O–H groups in total. The molecule has 3 heterocycles. The van der Waals surface area contributed by atoms with Crippen molar-refractivity contribution in [1.82, 2.24) is 24.8 Å². The number of ketones is 1. The van der Waals surface area contributed by atoms with E-state index in [2.05, 4.69) is 20.5 Å². The highest BCUT2D eigenvalue weighted by Crippen LogP contribution is 2.28. The highest BCUT2D eigenvalue weighted by atomic mass is 35.5. The van der Waals surface area contributed by atoms with Gasteiger partial charge in [0.15, 0.2) is 11.4 Å². The molecule has 1 amide bonds. The topological polar surface area (TPSA) is 145 Å². The smallest absolute Gasteiger partial charge is 0.288 e. The summed E-state index contributed by atoms with van der Waals surface area (Å²) >= 11 is 5.90. The minimum Gasteiger partial charge on any atom is -0.322 e. The monoisotopic (exact) mass is 575 g/mol. The minimum absolute atomic E-state index is 0.0360. The first-order valence-corrected chi connectivity index (χ1v) is 12.9. The summed E-state index contributed by atoms with van der Waals surface area (Å²) in [4.78, 5) is 41.6. The Morgan fingerprint density at radius 2 is 1.64 bits per heavy atom. The second-order valence-corrected chi connectivity index (χ2v) is 9.47. The Labute approximate surface area is 242 Å². The molecule has 0 bridgehead atoms. The number of nitrogens with zero attached hydrogens (tertiary/aromatic N) is 6. The van der Waals surface area contributed by atoms with Gasteiger partial charge in [0.25, 0.3) is 11.6 Å². The van der Waals surface area contributed by atoms with E-state index in [9.17, 15) is 19.7 Å². The van der Waals surface area contributed by atoms with Crippen molar-refractivity contribution in [2.75, 3.05) is 5.32 Å². The third-order valence-electron chi connectivity index (χ3n) is 6.39. The van der Waals surface area contributed by atoms with Crippen molar-refractivity contribution in [2.24, 2.45) is 0 Å². The highest BCUT2D eigenvalue weighted by molar-refractivity contribution is 6.33. The Bertz CT molecular complexity index is 2010. The Kier molecular flexibility index (Phi) is 6.91. The van der Waals surface area contributed by atoms with Crippen LogP contribution in [0.15, 0.2) is 103 Å². The summed E-state index contributed by atoms with van der Waals surface area (Å²) in [5.74, 6) is -0.590. The number of nitro benzene ring substituents is 1. The largest absolute Gasteiger partial charge is 0.322 e. The zero-order chi connectivity index (χ0) is 29.2. The number of pyridine rings is 1. The van der Waals surface area contributed by atoms with Crippen molar-refractivity contribution in [2.45, 2.75) is 0 Å². The number of carbonyl (C=O) groups is 2. The lowest BCUT2D eigenvalue weighted by Crippen LogP contribution is -2.17. The SMILES string of the molecule is O=C(Nc1cccc(-c2ccc3nnc(-c4ccccn4)n3n2)c1)c1ccccc1C(=O)c1ccc(Cl)c([N+](=O)[O-])c1. The number of carbonyl (C=O) groups excluding carboxylic acids is 2. The van der Waals surface area contributed by atoms with Crippen molar-refractivity contribution in [3.05, 3.63) is 135 Å². The van der Waals surface area contributed by atoms with Crippen LogP contribution in [-0.4, -0.2) is 41.4 Å². The van der Waals surface area contributed by atoms with Crippen LogP contribution >= 0.6 is 11.6 Å². The molecular formula is C30H18ClN7O4. The van der Waals surface area contributed by atoms with Crippen LogP contribution < -0.4 is 5.32 Å². The molecule has 6 rings (SSSR count). The maximum absolute atomic E-state index is 13.4. The number of amides is 1. The first kappa shape index (κ1) is 26.4. The van der Waals surface area contributed by atoms with Crippen molar-refractivity contribution < 1.29 is 14.5 Å². The fraction of sp³-hybridized carbons (Fsp3) is 0. The molecule has 0 saturated heterocycles. The van der Waals surface area contributed by atoms with Gasteiger partial charge < -0.3 is 5.32 Å². The van der Waals surface area contributed by atoms with Crippen molar-refractivity contribution in [1.29, 1.82) is 0 Å². The van der Waals surface area contributed by atoms with Crippen LogP contribution in [0.25, 0.3) is 28.4 Å². The molecule has 0 aliphatic rings. The zero-order valence-electron chi connectivity index (χ0n) is 21.5. The maximum Gasteiger partial charge on any atom is 0.288 e. The molecule has 0 aliphatic heterocycles. The molecule has 0 unspecified atom stereocenters. The van der Waals surface area contributed by atoms with E-state index in [4.69, 9.17) is 16.7 Å². The summed E-state index contributed by atoms with van der Waals surface area (Å²) < 4.78 is 1.60. The van der Waals surface area contributed by atoms with E-state index >= 15 is 0 Å². The molecule has 3 aromatic carbocycles. The van der Waals surface area contributed by atoms with Gasteiger partial charge in [-0.2, -0.15) is 9.61 Å². The van der Waals surface area contributed by atoms with Gasteiger partial charge in [0.2, 0.25) is 5.82 Å². The van der Waals surface area contributed by atoms with Gasteiger partial charge in [0.05, 0.1) is 16.2 Å². The lowest BCUT2D eigenvalue weighted by molar-refractivity contribution is -0.384. The molecule has 12 heteroatoms. The van der Waals surface area contributed by atoms with E-state index in [0.717, 1.165) is 6.07 Å². The Hall–Kier alpha value is -5.81. The first-order chi connectivity index (χ1) is 20.4. The Balaban J connectivity index is 1.28. The summed E-state index contributed by atoms with van der Waals surface area (Å²) in [6.45, 7) is 0. The average molecular weight is 576 g/mol. The quantitative estimate of drug-likeness (QED) is 0.141. The van der Waals surface area contributed by atoms with Crippen LogP contribution in [-0.2, 0) is 0 Å². The summed E-state index contributed by atoms with van der Waals surface area (Å²) in [5, 5.41) is 27.1. The molecule has 0 aliphatic carbocycles. The van der Waals surface area contributed by atoms with Crippen molar-refractivity contribution in [3.63, 3.8) is 0 Å². The molecule has 0 spiro atoms. The average Bonchev–Trinajstić information content (AvgIpc) is 3.45.